The highest BCUT2D eigenvalue weighted by Crippen LogP contribution is 2.23. The lowest BCUT2D eigenvalue weighted by atomic mass is 10.00. The molecule has 0 radical (unpaired) electrons. The maximum absolute atomic E-state index is 12.4. The molecule has 2 aromatic carbocycles. The second-order valence-corrected chi connectivity index (χ2v) is 7.14. The summed E-state index contributed by atoms with van der Waals surface area (Å²) in [5.74, 6) is 0. The maximum Gasteiger partial charge on any atom is 0.318 e. The number of rotatable bonds is 3. The zero-order valence-corrected chi connectivity index (χ0v) is 14.6. The van der Waals surface area contributed by atoms with Gasteiger partial charge in [-0.1, -0.05) is 48.5 Å². The molecule has 126 valence electrons. The number of nitrogens with one attached hydrogen (secondary N) is 1. The minimum atomic E-state index is -0.0254. The summed E-state index contributed by atoms with van der Waals surface area (Å²) in [6.45, 7) is 1.87. The number of thiazole rings is 1. The number of benzene rings is 2. The normalized spacial score (nSPS) is 14.4. The third-order valence-electron chi connectivity index (χ3n) is 4.37. The molecule has 0 fully saturated rings. The Morgan fingerprint density at radius 2 is 1.92 bits per heavy atom. The maximum atomic E-state index is 12.4. The smallest absolute Gasteiger partial charge is 0.318 e. The molecule has 0 saturated heterocycles. The molecule has 2 amide bonds. The zero-order valence-electron chi connectivity index (χ0n) is 13.8. The van der Waals surface area contributed by atoms with Gasteiger partial charge in [0.05, 0.1) is 16.8 Å². The zero-order chi connectivity index (χ0) is 17.1. The molecule has 3 aromatic rings. The lowest BCUT2D eigenvalue weighted by Crippen LogP contribution is -2.41. The van der Waals surface area contributed by atoms with Gasteiger partial charge in [-0.25, -0.2) is 9.78 Å². The quantitative estimate of drug-likeness (QED) is 0.766. The molecular formula is C20H19N3OS. The van der Waals surface area contributed by atoms with E-state index in [0.717, 1.165) is 28.2 Å². The van der Waals surface area contributed by atoms with Crippen LogP contribution in [0, 0.1) is 0 Å². The Hall–Kier alpha value is -2.66. The van der Waals surface area contributed by atoms with Gasteiger partial charge in [0, 0.05) is 13.1 Å². The van der Waals surface area contributed by atoms with Crippen molar-refractivity contribution in [2.75, 3.05) is 13.1 Å². The fourth-order valence-corrected chi connectivity index (χ4v) is 3.93. The average molecular weight is 349 g/mol. The van der Waals surface area contributed by atoms with Gasteiger partial charge in [-0.15, -0.1) is 11.3 Å². The van der Waals surface area contributed by atoms with Crippen molar-refractivity contribution < 1.29 is 4.79 Å². The van der Waals surface area contributed by atoms with Crippen LogP contribution in [0.1, 0.15) is 17.0 Å². The number of fused-ring (bicyclic) bond motifs is 1. The van der Waals surface area contributed by atoms with Crippen molar-refractivity contribution in [1.29, 1.82) is 0 Å². The van der Waals surface area contributed by atoms with E-state index in [1.165, 1.54) is 11.1 Å². The van der Waals surface area contributed by atoms with Gasteiger partial charge >= 0.3 is 6.03 Å². The largest absolute Gasteiger partial charge is 0.331 e. The van der Waals surface area contributed by atoms with E-state index in [4.69, 9.17) is 0 Å². The Balaban J connectivity index is 1.35. The van der Waals surface area contributed by atoms with Crippen LogP contribution in [-0.4, -0.2) is 29.0 Å². The number of para-hydroxylation sites is 1. The molecule has 2 heterocycles. The van der Waals surface area contributed by atoms with Crippen LogP contribution in [-0.2, 0) is 6.54 Å². The fourth-order valence-electron chi connectivity index (χ4n) is 3.03. The molecule has 0 atom stereocenters. The summed E-state index contributed by atoms with van der Waals surface area (Å²) in [5, 5.41) is 3.93. The first kappa shape index (κ1) is 15.8. The first-order chi connectivity index (χ1) is 12.3. The summed E-state index contributed by atoms with van der Waals surface area (Å²) >= 11 is 1.63. The Morgan fingerprint density at radius 1 is 1.12 bits per heavy atom. The summed E-state index contributed by atoms with van der Waals surface area (Å²) in [6.07, 6.45) is 3.04. The molecule has 0 unspecified atom stereocenters. The Bertz CT molecular complexity index is 884. The van der Waals surface area contributed by atoms with Crippen LogP contribution in [0.25, 0.3) is 15.8 Å². The van der Waals surface area contributed by atoms with Gasteiger partial charge < -0.3 is 10.2 Å². The molecule has 1 aliphatic heterocycles. The van der Waals surface area contributed by atoms with Crippen LogP contribution in [0.15, 0.2) is 60.7 Å². The Kier molecular flexibility index (Phi) is 4.48. The summed E-state index contributed by atoms with van der Waals surface area (Å²) < 4.78 is 1.15. The highest BCUT2D eigenvalue weighted by molar-refractivity contribution is 7.18. The first-order valence-corrected chi connectivity index (χ1v) is 9.23. The molecule has 1 aromatic heterocycles. The molecule has 0 saturated carbocycles. The molecule has 4 nitrogen and oxygen atoms in total. The third kappa shape index (κ3) is 3.56. The van der Waals surface area contributed by atoms with Crippen LogP contribution in [0.5, 0.6) is 0 Å². The van der Waals surface area contributed by atoms with Crippen molar-refractivity contribution in [1.82, 2.24) is 15.2 Å². The minimum absolute atomic E-state index is 0.0254. The van der Waals surface area contributed by atoms with Crippen LogP contribution in [0.2, 0.25) is 0 Å². The first-order valence-electron chi connectivity index (χ1n) is 8.41. The molecule has 0 bridgehead atoms. The van der Waals surface area contributed by atoms with E-state index < -0.39 is 0 Å². The summed E-state index contributed by atoms with van der Waals surface area (Å²) in [5.41, 5.74) is 3.55. The number of nitrogens with zero attached hydrogens (tertiary/aromatic N) is 2. The van der Waals surface area contributed by atoms with Crippen molar-refractivity contribution in [3.8, 4) is 0 Å². The fraction of sp³-hybridized carbons (Fsp3) is 0.200. The van der Waals surface area contributed by atoms with Crippen molar-refractivity contribution in [2.45, 2.75) is 13.0 Å². The monoisotopic (exact) mass is 349 g/mol. The number of hydrogen-bond acceptors (Lipinski definition) is 3. The summed E-state index contributed by atoms with van der Waals surface area (Å²) in [4.78, 5) is 18.8. The van der Waals surface area contributed by atoms with Gasteiger partial charge in [-0.3, -0.25) is 0 Å². The predicted octanol–water partition coefficient (Wildman–Crippen LogP) is 4.30. The molecule has 0 aliphatic carbocycles. The second kappa shape index (κ2) is 7.07. The van der Waals surface area contributed by atoms with E-state index in [0.29, 0.717) is 13.1 Å². The summed E-state index contributed by atoms with van der Waals surface area (Å²) in [7, 11) is 0. The molecule has 1 aliphatic rings. The van der Waals surface area contributed by atoms with Crippen molar-refractivity contribution >= 4 is 33.2 Å². The molecular weight excluding hydrogens is 330 g/mol. The van der Waals surface area contributed by atoms with Gasteiger partial charge in [0.1, 0.15) is 5.01 Å². The van der Waals surface area contributed by atoms with Gasteiger partial charge in [0.15, 0.2) is 0 Å². The molecule has 1 N–H and O–H groups in total. The van der Waals surface area contributed by atoms with Gasteiger partial charge in [0.25, 0.3) is 0 Å². The highest BCUT2D eigenvalue weighted by atomic mass is 32.1. The number of carbonyl (C=O) groups is 1. The average Bonchev–Trinajstić information content (AvgIpc) is 3.10. The number of urea groups is 1. The molecule has 5 heteroatoms. The van der Waals surface area contributed by atoms with Crippen LogP contribution < -0.4 is 5.32 Å². The lowest BCUT2D eigenvalue weighted by Gasteiger charge is -2.26. The van der Waals surface area contributed by atoms with Crippen molar-refractivity contribution in [3.63, 3.8) is 0 Å². The topological polar surface area (TPSA) is 45.2 Å². The van der Waals surface area contributed by atoms with Crippen LogP contribution in [0.3, 0.4) is 0 Å². The Morgan fingerprint density at radius 3 is 2.68 bits per heavy atom. The van der Waals surface area contributed by atoms with E-state index in [1.807, 2.05) is 41.3 Å². The standard InChI is InChI=1S/C20H19N3OS/c24-20(21-14-19-22-17-8-4-5-9-18(17)25-19)23-12-10-16(11-13-23)15-6-2-1-3-7-15/h1-10H,11-14H2,(H,21,24). The molecule has 4 rings (SSSR count). The van der Waals surface area contributed by atoms with Crippen LogP contribution in [0.4, 0.5) is 4.79 Å². The lowest BCUT2D eigenvalue weighted by molar-refractivity contribution is 0.202. The second-order valence-electron chi connectivity index (χ2n) is 6.03. The number of aromatic nitrogens is 1. The van der Waals surface area contributed by atoms with E-state index in [2.05, 4.69) is 34.6 Å². The number of hydrogen-bond donors (Lipinski definition) is 1. The number of amides is 2. The van der Waals surface area contributed by atoms with E-state index in [9.17, 15) is 4.79 Å². The van der Waals surface area contributed by atoms with E-state index in [1.54, 1.807) is 11.3 Å². The highest BCUT2D eigenvalue weighted by Gasteiger charge is 2.18. The van der Waals surface area contributed by atoms with E-state index in [-0.39, 0.29) is 6.03 Å². The minimum Gasteiger partial charge on any atom is -0.331 e. The van der Waals surface area contributed by atoms with Crippen LogP contribution >= 0.6 is 11.3 Å². The Labute approximate surface area is 150 Å². The molecule has 25 heavy (non-hydrogen) atoms. The van der Waals surface area contributed by atoms with Crippen molar-refractivity contribution in [3.05, 3.63) is 71.2 Å². The van der Waals surface area contributed by atoms with E-state index >= 15 is 0 Å². The SMILES string of the molecule is O=C(NCc1nc2ccccc2s1)N1CC=C(c2ccccc2)CC1. The third-order valence-corrected chi connectivity index (χ3v) is 5.41. The van der Waals surface area contributed by atoms with Gasteiger partial charge in [0.2, 0.25) is 0 Å². The number of carbonyl (C=O) groups excluding carboxylic acids is 1. The summed E-state index contributed by atoms with van der Waals surface area (Å²) in [6, 6.07) is 18.4. The van der Waals surface area contributed by atoms with Crippen molar-refractivity contribution in [2.24, 2.45) is 0 Å². The van der Waals surface area contributed by atoms with Gasteiger partial charge in [-0.2, -0.15) is 0 Å². The van der Waals surface area contributed by atoms with Gasteiger partial charge in [-0.05, 0) is 29.7 Å². The molecule has 0 spiro atoms. The predicted molar refractivity (Wildman–Crippen MR) is 102 cm³/mol.